The zero-order valence-corrected chi connectivity index (χ0v) is 24.8. The van der Waals surface area contributed by atoms with E-state index in [4.69, 9.17) is 9.47 Å². The molecule has 3 heterocycles. The van der Waals surface area contributed by atoms with Crippen molar-refractivity contribution in [2.45, 2.75) is 38.2 Å². The summed E-state index contributed by atoms with van der Waals surface area (Å²) < 4.78 is 68.3. The molecule has 0 saturated carbocycles. The van der Waals surface area contributed by atoms with E-state index < -0.39 is 33.5 Å². The van der Waals surface area contributed by atoms with Gasteiger partial charge in [-0.1, -0.05) is 17.7 Å². The van der Waals surface area contributed by atoms with Crippen LogP contribution in [0, 0.1) is 18.7 Å². The molecule has 12 heteroatoms. The Morgan fingerprint density at radius 2 is 1.67 bits per heavy atom. The van der Waals surface area contributed by atoms with E-state index in [0.29, 0.717) is 27.6 Å². The van der Waals surface area contributed by atoms with Gasteiger partial charge in [-0.15, -0.1) is 0 Å². The molecule has 1 amide bonds. The third-order valence-corrected chi connectivity index (χ3v) is 8.12. The number of pyridine rings is 2. The number of aromatic nitrogens is 3. The fraction of sp³-hybridized carbons (Fsp3) is 0.194. The van der Waals surface area contributed by atoms with Crippen LogP contribution >= 0.6 is 0 Å². The highest BCUT2D eigenvalue weighted by molar-refractivity contribution is 7.90. The highest BCUT2D eigenvalue weighted by Gasteiger charge is 2.25. The summed E-state index contributed by atoms with van der Waals surface area (Å²) in [5.41, 5.74) is 1.58. The van der Waals surface area contributed by atoms with Gasteiger partial charge in [-0.2, -0.15) is 4.39 Å². The van der Waals surface area contributed by atoms with Gasteiger partial charge in [0, 0.05) is 41.2 Å². The Labute approximate surface area is 247 Å². The van der Waals surface area contributed by atoms with Crippen LogP contribution in [0.15, 0.2) is 78.1 Å². The zero-order chi connectivity index (χ0) is 31.1. The molecule has 5 rings (SSSR count). The number of anilines is 1. The summed E-state index contributed by atoms with van der Waals surface area (Å²) in [7, 11) is -2.81. The molecule has 0 aliphatic carbocycles. The molecule has 0 spiro atoms. The molecule has 43 heavy (non-hydrogen) atoms. The van der Waals surface area contributed by atoms with Gasteiger partial charge >= 0.3 is 6.09 Å². The highest BCUT2D eigenvalue weighted by atomic mass is 32.2. The Balaban J connectivity index is 1.69. The van der Waals surface area contributed by atoms with Gasteiger partial charge in [0.05, 0.1) is 17.7 Å². The van der Waals surface area contributed by atoms with Gasteiger partial charge in [0.1, 0.15) is 5.60 Å². The number of hydrogen-bond donors (Lipinski definition) is 1. The minimum atomic E-state index is -4.09. The average molecular weight is 607 g/mol. The molecule has 0 unspecified atom stereocenters. The number of hydrogen-bond acceptors (Lipinski definition) is 7. The standard InChI is InChI=1S/C31H28F2N4O5S/c1-18-6-8-22(9-7-18)43(39,40)37-17-24(19-10-11-34-27(32)15-19)23-12-21(16-35-29(23)37)20-13-25(28(33)26(14-20)41-5)36-30(38)42-31(2,3)4/h6-17H,1-5H3,(H,36,38). The molecule has 0 bridgehead atoms. The second-order valence-corrected chi connectivity index (χ2v) is 12.6. The number of rotatable bonds is 6. The number of ether oxygens (including phenoxy) is 2. The van der Waals surface area contributed by atoms with Crippen LogP contribution in [0.5, 0.6) is 5.75 Å². The fourth-order valence-electron chi connectivity index (χ4n) is 4.46. The first kappa shape index (κ1) is 29.6. The molecule has 1 N–H and O–H groups in total. The fourth-order valence-corrected chi connectivity index (χ4v) is 5.79. The maximum absolute atomic E-state index is 15.1. The van der Waals surface area contributed by atoms with Crippen molar-refractivity contribution in [2.75, 3.05) is 12.4 Å². The molecule has 0 fully saturated rings. The summed E-state index contributed by atoms with van der Waals surface area (Å²) in [5.74, 6) is -1.71. The lowest BCUT2D eigenvalue weighted by molar-refractivity contribution is 0.0635. The molecule has 0 radical (unpaired) electrons. The van der Waals surface area contributed by atoms with Crippen LogP contribution in [0.25, 0.3) is 33.3 Å². The van der Waals surface area contributed by atoms with Crippen LogP contribution in [-0.2, 0) is 14.8 Å². The Hall–Kier alpha value is -4.84. The van der Waals surface area contributed by atoms with Gasteiger partial charge in [-0.3, -0.25) is 5.32 Å². The second kappa shape index (κ2) is 11.1. The van der Waals surface area contributed by atoms with Crippen molar-refractivity contribution in [1.82, 2.24) is 13.9 Å². The Morgan fingerprint density at radius 3 is 2.33 bits per heavy atom. The van der Waals surface area contributed by atoms with E-state index in [2.05, 4.69) is 15.3 Å². The lowest BCUT2D eigenvalue weighted by Crippen LogP contribution is -2.27. The summed E-state index contributed by atoms with van der Waals surface area (Å²) in [6.07, 6.45) is 3.22. The zero-order valence-electron chi connectivity index (χ0n) is 24.0. The lowest BCUT2D eigenvalue weighted by atomic mass is 10.0. The molecular weight excluding hydrogens is 578 g/mol. The molecule has 0 saturated heterocycles. The summed E-state index contributed by atoms with van der Waals surface area (Å²) in [5, 5.41) is 2.79. The molecule has 222 valence electrons. The van der Waals surface area contributed by atoms with E-state index in [-0.39, 0.29) is 22.0 Å². The van der Waals surface area contributed by atoms with E-state index in [1.165, 1.54) is 56.0 Å². The second-order valence-electron chi connectivity index (χ2n) is 10.8. The van der Waals surface area contributed by atoms with Gasteiger partial charge < -0.3 is 9.47 Å². The lowest BCUT2D eigenvalue weighted by Gasteiger charge is -2.20. The predicted molar refractivity (Wildman–Crippen MR) is 158 cm³/mol. The molecule has 0 atom stereocenters. The largest absolute Gasteiger partial charge is 0.494 e. The molecule has 2 aromatic carbocycles. The van der Waals surface area contributed by atoms with Crippen LogP contribution in [0.1, 0.15) is 26.3 Å². The number of amides is 1. The van der Waals surface area contributed by atoms with Crippen LogP contribution in [0.4, 0.5) is 19.3 Å². The van der Waals surface area contributed by atoms with Crippen LogP contribution in [0.2, 0.25) is 0 Å². The van der Waals surface area contributed by atoms with E-state index >= 15 is 4.39 Å². The Bertz CT molecular complexity index is 1970. The first-order chi connectivity index (χ1) is 20.3. The monoisotopic (exact) mass is 606 g/mol. The van der Waals surface area contributed by atoms with E-state index in [0.717, 1.165) is 9.54 Å². The van der Waals surface area contributed by atoms with Crippen molar-refractivity contribution in [3.8, 4) is 28.0 Å². The number of carbonyl (C=O) groups excluding carboxylic acids is 1. The summed E-state index contributed by atoms with van der Waals surface area (Å²) >= 11 is 0. The normalized spacial score (nSPS) is 11.9. The van der Waals surface area contributed by atoms with Crippen LogP contribution in [-0.4, -0.2) is 41.2 Å². The summed E-state index contributed by atoms with van der Waals surface area (Å²) in [6, 6.07) is 13.6. The minimum absolute atomic E-state index is 0.0504. The smallest absolute Gasteiger partial charge is 0.412 e. The molecule has 3 aromatic heterocycles. The maximum atomic E-state index is 15.1. The third kappa shape index (κ3) is 6.05. The van der Waals surface area contributed by atoms with Crippen molar-refractivity contribution in [1.29, 1.82) is 0 Å². The maximum Gasteiger partial charge on any atom is 0.412 e. The SMILES string of the molecule is COc1cc(-c2cnc3c(c2)c(-c2ccnc(F)c2)cn3S(=O)(=O)c2ccc(C)cc2)cc(NC(=O)OC(C)(C)C)c1F. The predicted octanol–water partition coefficient (Wildman–Crippen LogP) is 6.94. The number of halogens is 2. The Kier molecular flexibility index (Phi) is 7.65. The first-order valence-corrected chi connectivity index (χ1v) is 14.5. The van der Waals surface area contributed by atoms with Crippen LogP contribution < -0.4 is 10.1 Å². The van der Waals surface area contributed by atoms with Gasteiger partial charge in [-0.25, -0.2) is 31.5 Å². The van der Waals surface area contributed by atoms with E-state index in [9.17, 15) is 17.6 Å². The molecule has 0 aliphatic rings. The van der Waals surface area contributed by atoms with Crippen molar-refractivity contribution < 1.29 is 31.5 Å². The minimum Gasteiger partial charge on any atom is -0.494 e. The number of fused-ring (bicyclic) bond motifs is 1. The topological polar surface area (TPSA) is 112 Å². The average Bonchev–Trinajstić information content (AvgIpc) is 3.33. The molecule has 5 aromatic rings. The van der Waals surface area contributed by atoms with E-state index in [1.54, 1.807) is 45.0 Å². The summed E-state index contributed by atoms with van der Waals surface area (Å²) in [4.78, 5) is 20.5. The van der Waals surface area contributed by atoms with Crippen LogP contribution in [0.3, 0.4) is 0 Å². The number of nitrogens with zero attached hydrogens (tertiary/aromatic N) is 3. The quantitative estimate of drug-likeness (QED) is 0.208. The van der Waals surface area contributed by atoms with Gasteiger partial charge in [0.2, 0.25) is 5.95 Å². The van der Waals surface area contributed by atoms with Crippen molar-refractivity contribution in [3.63, 3.8) is 0 Å². The van der Waals surface area contributed by atoms with Crippen molar-refractivity contribution in [3.05, 3.63) is 90.5 Å². The molecule has 0 aliphatic heterocycles. The number of carbonyl (C=O) groups is 1. The molecule has 9 nitrogen and oxygen atoms in total. The third-order valence-electron chi connectivity index (χ3n) is 6.46. The van der Waals surface area contributed by atoms with Gasteiger partial charge in [0.25, 0.3) is 10.0 Å². The number of methoxy groups -OCH3 is 1. The summed E-state index contributed by atoms with van der Waals surface area (Å²) in [6.45, 7) is 6.88. The first-order valence-electron chi connectivity index (χ1n) is 13.1. The van der Waals surface area contributed by atoms with Crippen molar-refractivity contribution in [2.24, 2.45) is 0 Å². The van der Waals surface area contributed by atoms with Gasteiger partial charge in [0.15, 0.2) is 17.2 Å². The number of aryl methyl sites for hydroxylation is 1. The van der Waals surface area contributed by atoms with E-state index in [1.807, 2.05) is 6.92 Å². The number of nitrogens with one attached hydrogen (secondary N) is 1. The number of benzene rings is 2. The van der Waals surface area contributed by atoms with Crippen molar-refractivity contribution >= 4 is 32.8 Å². The highest BCUT2D eigenvalue weighted by Crippen LogP contribution is 2.37. The molecular formula is C31H28F2N4O5S. The van der Waals surface area contributed by atoms with Gasteiger partial charge in [-0.05, 0) is 75.2 Å². The Morgan fingerprint density at radius 1 is 0.953 bits per heavy atom.